The smallest absolute Gasteiger partial charge is 0.0469 e. The van der Waals surface area contributed by atoms with Gasteiger partial charge in [-0.1, -0.05) is 37.3 Å². The van der Waals surface area contributed by atoms with Crippen LogP contribution in [0.5, 0.6) is 0 Å². The van der Waals surface area contributed by atoms with Gasteiger partial charge in [0, 0.05) is 12.6 Å². The molecule has 2 nitrogen and oxygen atoms in total. The maximum Gasteiger partial charge on any atom is 0.0469 e. The lowest BCUT2D eigenvalue weighted by Crippen LogP contribution is -2.31. The van der Waals surface area contributed by atoms with Crippen LogP contribution in [0.2, 0.25) is 0 Å². The summed E-state index contributed by atoms with van der Waals surface area (Å²) in [6.07, 6.45) is 0. The summed E-state index contributed by atoms with van der Waals surface area (Å²) in [4.78, 5) is 2.35. The molecule has 78 valence electrons. The number of rotatable bonds is 5. The van der Waals surface area contributed by atoms with E-state index in [1.807, 2.05) is 7.05 Å². The van der Waals surface area contributed by atoms with E-state index < -0.39 is 0 Å². The van der Waals surface area contributed by atoms with Crippen LogP contribution in [0, 0.1) is 0 Å². The maximum absolute atomic E-state index is 3.24. The highest BCUT2D eigenvalue weighted by Gasteiger charge is 2.13. The Balaban J connectivity index is 2.77. The molecule has 0 aliphatic carbocycles. The molecule has 1 rings (SSSR count). The van der Waals surface area contributed by atoms with Crippen molar-refractivity contribution in [1.82, 2.24) is 10.2 Å². The minimum absolute atomic E-state index is 0.478. The van der Waals surface area contributed by atoms with Crippen molar-refractivity contribution in [2.24, 2.45) is 0 Å². The molecule has 0 aliphatic rings. The molecule has 0 aliphatic heterocycles. The fourth-order valence-corrected chi connectivity index (χ4v) is 1.62. The van der Waals surface area contributed by atoms with Crippen molar-refractivity contribution in [2.75, 3.05) is 27.2 Å². The lowest BCUT2D eigenvalue weighted by atomic mass is 10.1. The molecule has 1 N–H and O–H groups in total. The largest absolute Gasteiger partial charge is 0.318 e. The molecule has 1 atom stereocenters. The van der Waals surface area contributed by atoms with E-state index in [9.17, 15) is 0 Å². The van der Waals surface area contributed by atoms with E-state index in [0.717, 1.165) is 13.1 Å². The van der Waals surface area contributed by atoms with Crippen molar-refractivity contribution in [3.05, 3.63) is 35.9 Å². The Hall–Kier alpha value is -0.860. The van der Waals surface area contributed by atoms with Gasteiger partial charge in [-0.05, 0) is 26.2 Å². The van der Waals surface area contributed by atoms with Gasteiger partial charge in [-0.3, -0.25) is 4.90 Å². The van der Waals surface area contributed by atoms with Gasteiger partial charge in [0.1, 0.15) is 0 Å². The number of nitrogens with zero attached hydrogens (tertiary/aromatic N) is 1. The molecule has 0 heterocycles. The Bertz CT molecular complexity index is 246. The van der Waals surface area contributed by atoms with Gasteiger partial charge < -0.3 is 5.32 Å². The fraction of sp³-hybridized carbons (Fsp3) is 0.500. The summed E-state index contributed by atoms with van der Waals surface area (Å²) in [5, 5.41) is 3.24. The summed E-state index contributed by atoms with van der Waals surface area (Å²) in [5.74, 6) is 0. The summed E-state index contributed by atoms with van der Waals surface area (Å²) in [6, 6.07) is 11.1. The normalized spacial score (nSPS) is 13.1. The zero-order valence-corrected chi connectivity index (χ0v) is 9.33. The third-order valence-electron chi connectivity index (χ3n) is 2.61. The van der Waals surface area contributed by atoms with Crippen molar-refractivity contribution in [3.8, 4) is 0 Å². The van der Waals surface area contributed by atoms with Crippen LogP contribution in [0.25, 0.3) is 0 Å². The molecule has 0 saturated carbocycles. The first-order valence-electron chi connectivity index (χ1n) is 5.19. The maximum atomic E-state index is 3.24. The van der Waals surface area contributed by atoms with E-state index in [2.05, 4.69) is 54.5 Å². The zero-order valence-electron chi connectivity index (χ0n) is 9.33. The fourth-order valence-electron chi connectivity index (χ4n) is 1.62. The van der Waals surface area contributed by atoms with Crippen LogP contribution in [-0.2, 0) is 0 Å². The van der Waals surface area contributed by atoms with Gasteiger partial charge in [-0.15, -0.1) is 0 Å². The first kappa shape index (κ1) is 11.2. The molecule has 1 unspecified atom stereocenters. The van der Waals surface area contributed by atoms with Crippen molar-refractivity contribution < 1.29 is 0 Å². The highest BCUT2D eigenvalue weighted by Crippen LogP contribution is 2.17. The van der Waals surface area contributed by atoms with Gasteiger partial charge in [-0.25, -0.2) is 0 Å². The second-order valence-corrected chi connectivity index (χ2v) is 3.56. The molecule has 0 amide bonds. The Morgan fingerprint density at radius 3 is 2.43 bits per heavy atom. The highest BCUT2D eigenvalue weighted by molar-refractivity contribution is 5.19. The van der Waals surface area contributed by atoms with E-state index in [4.69, 9.17) is 0 Å². The first-order valence-corrected chi connectivity index (χ1v) is 5.19. The molecule has 1 aromatic rings. The predicted molar refractivity (Wildman–Crippen MR) is 61.4 cm³/mol. The molecule has 0 saturated heterocycles. The molecule has 0 radical (unpaired) electrons. The topological polar surface area (TPSA) is 15.3 Å². The van der Waals surface area contributed by atoms with Crippen LogP contribution < -0.4 is 5.32 Å². The molecule has 0 bridgehead atoms. The van der Waals surface area contributed by atoms with E-state index in [-0.39, 0.29) is 0 Å². The van der Waals surface area contributed by atoms with Crippen molar-refractivity contribution in [3.63, 3.8) is 0 Å². The highest BCUT2D eigenvalue weighted by atomic mass is 15.1. The average molecular weight is 192 g/mol. The summed E-state index contributed by atoms with van der Waals surface area (Å²) in [7, 11) is 4.16. The van der Waals surface area contributed by atoms with Crippen molar-refractivity contribution in [1.29, 1.82) is 0 Å². The van der Waals surface area contributed by atoms with Crippen LogP contribution in [0.3, 0.4) is 0 Å². The SMILES string of the molecule is CCN(C)C(CNC)c1ccccc1. The summed E-state index contributed by atoms with van der Waals surface area (Å²) >= 11 is 0. The standard InChI is InChI=1S/C12H20N2/c1-4-14(3)12(10-13-2)11-8-6-5-7-9-11/h5-9,12-13H,4,10H2,1-3H3. The number of likely N-dealkylation sites (N-methyl/N-ethyl adjacent to an activating group) is 2. The Kier molecular flexibility index (Phi) is 4.63. The molecular formula is C12H20N2. The van der Waals surface area contributed by atoms with Gasteiger partial charge in [-0.2, -0.15) is 0 Å². The van der Waals surface area contributed by atoms with Gasteiger partial charge >= 0.3 is 0 Å². The van der Waals surface area contributed by atoms with E-state index in [0.29, 0.717) is 6.04 Å². The minimum atomic E-state index is 0.478. The van der Waals surface area contributed by atoms with E-state index in [1.165, 1.54) is 5.56 Å². The van der Waals surface area contributed by atoms with Crippen LogP contribution >= 0.6 is 0 Å². The predicted octanol–water partition coefficient (Wildman–Crippen LogP) is 1.90. The van der Waals surface area contributed by atoms with Crippen molar-refractivity contribution >= 4 is 0 Å². The number of hydrogen-bond acceptors (Lipinski definition) is 2. The van der Waals surface area contributed by atoms with Gasteiger partial charge in [0.15, 0.2) is 0 Å². The Morgan fingerprint density at radius 2 is 1.93 bits per heavy atom. The van der Waals surface area contributed by atoms with Crippen molar-refractivity contribution in [2.45, 2.75) is 13.0 Å². The quantitative estimate of drug-likeness (QED) is 0.766. The Labute approximate surface area is 86.9 Å². The van der Waals surface area contributed by atoms with Gasteiger partial charge in [0.05, 0.1) is 0 Å². The Morgan fingerprint density at radius 1 is 1.29 bits per heavy atom. The number of hydrogen-bond donors (Lipinski definition) is 1. The third-order valence-corrected chi connectivity index (χ3v) is 2.61. The molecule has 14 heavy (non-hydrogen) atoms. The summed E-state index contributed by atoms with van der Waals surface area (Å²) in [5.41, 5.74) is 1.38. The van der Waals surface area contributed by atoms with Crippen LogP contribution in [0.1, 0.15) is 18.5 Å². The zero-order chi connectivity index (χ0) is 10.4. The average Bonchev–Trinajstić information content (AvgIpc) is 2.26. The molecule has 0 spiro atoms. The van der Waals surface area contributed by atoms with Crippen LogP contribution in [0.15, 0.2) is 30.3 Å². The lowest BCUT2D eigenvalue weighted by molar-refractivity contribution is 0.254. The number of nitrogens with one attached hydrogen (secondary N) is 1. The second-order valence-electron chi connectivity index (χ2n) is 3.56. The monoisotopic (exact) mass is 192 g/mol. The first-order chi connectivity index (χ1) is 6.79. The second kappa shape index (κ2) is 5.78. The molecule has 0 aromatic heterocycles. The number of benzene rings is 1. The lowest BCUT2D eigenvalue weighted by Gasteiger charge is -2.27. The molecule has 2 heteroatoms. The van der Waals surface area contributed by atoms with Crippen LogP contribution in [0.4, 0.5) is 0 Å². The summed E-state index contributed by atoms with van der Waals surface area (Å²) < 4.78 is 0. The molecular weight excluding hydrogens is 172 g/mol. The van der Waals surface area contributed by atoms with Gasteiger partial charge in [0.25, 0.3) is 0 Å². The van der Waals surface area contributed by atoms with Gasteiger partial charge in [0.2, 0.25) is 0 Å². The van der Waals surface area contributed by atoms with E-state index in [1.54, 1.807) is 0 Å². The van der Waals surface area contributed by atoms with Crippen LogP contribution in [-0.4, -0.2) is 32.1 Å². The third kappa shape index (κ3) is 2.82. The summed E-state index contributed by atoms with van der Waals surface area (Å²) in [6.45, 7) is 4.25. The molecule has 1 aromatic carbocycles. The molecule has 0 fully saturated rings. The minimum Gasteiger partial charge on any atom is -0.318 e. The van der Waals surface area contributed by atoms with E-state index >= 15 is 0 Å².